The van der Waals surface area contributed by atoms with Crippen molar-refractivity contribution in [1.82, 2.24) is 14.9 Å². The molecule has 0 bridgehead atoms. The smallest absolute Gasteiger partial charge is 0.238 e. The average Bonchev–Trinajstić information content (AvgIpc) is 2.81. The number of hydrogen-bond acceptors (Lipinski definition) is 6. The van der Waals surface area contributed by atoms with E-state index in [0.29, 0.717) is 25.4 Å². The number of carbonyl (C=O) groups excluding carboxylic acids is 1. The van der Waals surface area contributed by atoms with Gasteiger partial charge in [0.1, 0.15) is 17.7 Å². The van der Waals surface area contributed by atoms with Crippen molar-refractivity contribution in [3.63, 3.8) is 0 Å². The van der Waals surface area contributed by atoms with Crippen LogP contribution in [0.4, 0.5) is 10.1 Å². The first kappa shape index (κ1) is 20.9. The fourth-order valence-corrected chi connectivity index (χ4v) is 3.50. The molecule has 1 amide bonds. The average molecular weight is 422 g/mol. The first-order valence-electron chi connectivity index (χ1n) is 9.97. The number of hydrogen-bond donors (Lipinski definition) is 1. The van der Waals surface area contributed by atoms with E-state index < -0.39 is 0 Å². The summed E-state index contributed by atoms with van der Waals surface area (Å²) in [5.74, 6) is 0.258. The summed E-state index contributed by atoms with van der Waals surface area (Å²) in [4.78, 5) is 23.5. The normalized spacial score (nSPS) is 16.6. The van der Waals surface area contributed by atoms with Crippen LogP contribution in [0.2, 0.25) is 0 Å². The quantitative estimate of drug-likeness (QED) is 0.657. The summed E-state index contributed by atoms with van der Waals surface area (Å²) in [7, 11) is 1.62. The predicted molar refractivity (Wildman–Crippen MR) is 114 cm³/mol. The monoisotopic (exact) mass is 422 g/mol. The van der Waals surface area contributed by atoms with E-state index in [1.807, 2.05) is 29.2 Å². The minimum absolute atomic E-state index is 0.165. The highest BCUT2D eigenvalue weighted by atomic mass is 19.1. The highest BCUT2D eigenvalue weighted by Crippen LogP contribution is 2.29. The van der Waals surface area contributed by atoms with Gasteiger partial charge in [0.2, 0.25) is 5.91 Å². The molecule has 0 unspecified atom stereocenters. The molecule has 160 valence electrons. The molecule has 0 aliphatic carbocycles. The van der Waals surface area contributed by atoms with Gasteiger partial charge in [-0.15, -0.1) is 0 Å². The molecular formula is C23H23FN4O3. The van der Waals surface area contributed by atoms with Gasteiger partial charge in [0.15, 0.2) is 0 Å². The van der Waals surface area contributed by atoms with Crippen molar-refractivity contribution in [3.8, 4) is 17.0 Å². The van der Waals surface area contributed by atoms with Crippen LogP contribution in [0, 0.1) is 5.82 Å². The maximum atomic E-state index is 13.0. The van der Waals surface area contributed by atoms with Crippen LogP contribution in [-0.4, -0.2) is 54.1 Å². The Bertz CT molecular complexity index is 1030. The Hall–Kier alpha value is -3.36. The Kier molecular flexibility index (Phi) is 6.49. The van der Waals surface area contributed by atoms with Gasteiger partial charge in [-0.3, -0.25) is 19.7 Å². The molecule has 3 aromatic rings. The minimum Gasteiger partial charge on any atom is -0.497 e. The van der Waals surface area contributed by atoms with E-state index in [-0.39, 0.29) is 24.4 Å². The number of halogens is 1. The number of aromatic nitrogens is 2. The highest BCUT2D eigenvalue weighted by Gasteiger charge is 2.27. The van der Waals surface area contributed by atoms with E-state index in [0.717, 1.165) is 22.7 Å². The maximum absolute atomic E-state index is 13.0. The maximum Gasteiger partial charge on any atom is 0.238 e. The van der Waals surface area contributed by atoms with Gasteiger partial charge >= 0.3 is 0 Å². The van der Waals surface area contributed by atoms with Crippen LogP contribution in [0.25, 0.3) is 11.3 Å². The van der Waals surface area contributed by atoms with Gasteiger partial charge in [-0.2, -0.15) is 0 Å². The van der Waals surface area contributed by atoms with Crippen molar-refractivity contribution in [2.45, 2.75) is 6.10 Å². The molecule has 8 heteroatoms. The SMILES string of the molecule is COc1ccc(-c2nccnc2[C@H]2CN(CC(=O)Nc3ccc(F)cc3)CCO2)cc1. The van der Waals surface area contributed by atoms with Crippen LogP contribution in [0.1, 0.15) is 11.8 Å². The summed E-state index contributed by atoms with van der Waals surface area (Å²) >= 11 is 0. The van der Waals surface area contributed by atoms with Crippen molar-refractivity contribution in [1.29, 1.82) is 0 Å². The van der Waals surface area contributed by atoms with Crippen LogP contribution in [0.3, 0.4) is 0 Å². The molecule has 2 heterocycles. The number of morpholine rings is 1. The lowest BCUT2D eigenvalue weighted by Crippen LogP contribution is -2.42. The molecule has 0 radical (unpaired) electrons. The molecule has 2 aromatic carbocycles. The summed E-state index contributed by atoms with van der Waals surface area (Å²) in [6.45, 7) is 1.83. The van der Waals surface area contributed by atoms with Gasteiger partial charge in [-0.1, -0.05) is 0 Å². The van der Waals surface area contributed by atoms with Gasteiger partial charge in [0.25, 0.3) is 0 Å². The summed E-state index contributed by atoms with van der Waals surface area (Å²) in [5, 5.41) is 2.79. The van der Waals surface area contributed by atoms with Crippen LogP contribution in [0.15, 0.2) is 60.9 Å². The Morgan fingerprint density at radius 2 is 1.90 bits per heavy atom. The van der Waals surface area contributed by atoms with E-state index in [4.69, 9.17) is 9.47 Å². The summed E-state index contributed by atoms with van der Waals surface area (Å²) in [6, 6.07) is 13.3. The summed E-state index contributed by atoms with van der Waals surface area (Å²) < 4.78 is 24.2. The zero-order valence-corrected chi connectivity index (χ0v) is 17.1. The van der Waals surface area contributed by atoms with E-state index >= 15 is 0 Å². The van der Waals surface area contributed by atoms with Crippen LogP contribution in [-0.2, 0) is 9.53 Å². The number of nitrogens with zero attached hydrogens (tertiary/aromatic N) is 3. The molecule has 1 N–H and O–H groups in total. The second-order valence-electron chi connectivity index (χ2n) is 7.17. The van der Waals surface area contributed by atoms with Crippen LogP contribution >= 0.6 is 0 Å². The van der Waals surface area contributed by atoms with Gasteiger partial charge in [0.05, 0.1) is 31.6 Å². The lowest BCUT2D eigenvalue weighted by atomic mass is 10.0. The number of amides is 1. The highest BCUT2D eigenvalue weighted by molar-refractivity contribution is 5.92. The largest absolute Gasteiger partial charge is 0.497 e. The van der Waals surface area contributed by atoms with E-state index in [1.54, 1.807) is 19.5 Å². The fourth-order valence-electron chi connectivity index (χ4n) is 3.50. The predicted octanol–water partition coefficient (Wildman–Crippen LogP) is 3.30. The molecule has 1 aromatic heterocycles. The topological polar surface area (TPSA) is 76.6 Å². The fraction of sp³-hybridized carbons (Fsp3) is 0.261. The van der Waals surface area contributed by atoms with Crippen molar-refractivity contribution in [2.24, 2.45) is 0 Å². The molecule has 31 heavy (non-hydrogen) atoms. The van der Waals surface area contributed by atoms with Gasteiger partial charge in [0, 0.05) is 36.7 Å². The third-order valence-corrected chi connectivity index (χ3v) is 5.04. The van der Waals surface area contributed by atoms with Crippen molar-refractivity contribution in [2.75, 3.05) is 38.7 Å². The third-order valence-electron chi connectivity index (χ3n) is 5.04. The zero-order chi connectivity index (χ0) is 21.6. The lowest BCUT2D eigenvalue weighted by molar-refractivity contribution is -0.119. The summed E-state index contributed by atoms with van der Waals surface area (Å²) in [6.07, 6.45) is 2.99. The van der Waals surface area contributed by atoms with E-state index in [9.17, 15) is 9.18 Å². The molecule has 7 nitrogen and oxygen atoms in total. The van der Waals surface area contributed by atoms with Crippen LogP contribution in [0.5, 0.6) is 5.75 Å². The molecule has 1 aliphatic rings. The number of anilines is 1. The molecule has 0 saturated carbocycles. The van der Waals surface area contributed by atoms with Gasteiger partial charge in [-0.05, 0) is 48.5 Å². The first-order chi connectivity index (χ1) is 15.1. The molecule has 1 fully saturated rings. The molecule has 4 rings (SSSR count). The second kappa shape index (κ2) is 9.63. The molecular weight excluding hydrogens is 399 g/mol. The Morgan fingerprint density at radius 1 is 1.16 bits per heavy atom. The van der Waals surface area contributed by atoms with Gasteiger partial charge < -0.3 is 14.8 Å². The molecule has 1 atom stereocenters. The number of carbonyl (C=O) groups is 1. The third kappa shape index (κ3) is 5.22. The minimum atomic E-state index is -0.342. The van der Waals surface area contributed by atoms with Crippen molar-refractivity contribution >= 4 is 11.6 Å². The lowest BCUT2D eigenvalue weighted by Gasteiger charge is -2.32. The number of benzene rings is 2. The Balaban J connectivity index is 1.45. The molecule has 1 aliphatic heterocycles. The summed E-state index contributed by atoms with van der Waals surface area (Å²) in [5.41, 5.74) is 2.95. The van der Waals surface area contributed by atoms with Crippen molar-refractivity contribution < 1.29 is 18.7 Å². The zero-order valence-electron chi connectivity index (χ0n) is 17.1. The molecule has 1 saturated heterocycles. The first-order valence-corrected chi connectivity index (χ1v) is 9.97. The van der Waals surface area contributed by atoms with E-state index in [1.165, 1.54) is 24.3 Å². The van der Waals surface area contributed by atoms with E-state index in [2.05, 4.69) is 15.3 Å². The number of ether oxygens (including phenoxy) is 2. The van der Waals surface area contributed by atoms with Gasteiger partial charge in [-0.25, -0.2) is 4.39 Å². The number of nitrogens with one attached hydrogen (secondary N) is 1. The van der Waals surface area contributed by atoms with Crippen molar-refractivity contribution in [3.05, 3.63) is 72.4 Å². The Morgan fingerprint density at radius 3 is 2.65 bits per heavy atom. The molecule has 0 spiro atoms. The Labute approximate surface area is 179 Å². The standard InChI is InChI=1S/C23H23FN4O3/c1-30-19-8-2-16(3-9-19)22-23(26-11-10-25-22)20-14-28(12-13-31-20)15-21(29)27-18-6-4-17(24)5-7-18/h2-11,20H,12-15H2,1H3,(H,27,29)/t20-/m1/s1. The number of methoxy groups -OCH3 is 1. The number of rotatable bonds is 6. The van der Waals surface area contributed by atoms with Crippen LogP contribution < -0.4 is 10.1 Å². The second-order valence-corrected chi connectivity index (χ2v) is 7.17.